The zero-order chi connectivity index (χ0) is 9.84. The van der Waals surface area contributed by atoms with E-state index in [4.69, 9.17) is 5.11 Å². The van der Waals surface area contributed by atoms with Gasteiger partial charge in [-0.2, -0.15) is 0 Å². The van der Waals surface area contributed by atoms with Crippen molar-refractivity contribution in [1.29, 1.82) is 0 Å². The highest BCUT2D eigenvalue weighted by atomic mass is 16.3. The first-order valence-corrected chi connectivity index (χ1v) is 4.75. The number of aliphatic hydroxyl groups is 1. The summed E-state index contributed by atoms with van der Waals surface area (Å²) in [5.41, 5.74) is 3.55. The number of aliphatic hydroxyl groups excluding tert-OH is 1. The normalized spacial score (nSPS) is 10.8. The quantitative estimate of drug-likeness (QED) is 0.752. The van der Waals surface area contributed by atoms with Gasteiger partial charge < -0.3 is 5.11 Å². The van der Waals surface area contributed by atoms with Crippen LogP contribution in [0.4, 0.5) is 0 Å². The molecular formula is C12H17O. The zero-order valence-corrected chi connectivity index (χ0v) is 8.38. The average molecular weight is 177 g/mol. The molecule has 1 rings (SSSR count). The lowest BCUT2D eigenvalue weighted by Gasteiger charge is -2.14. The maximum Gasteiger partial charge on any atom is 0.0684 e. The van der Waals surface area contributed by atoms with Gasteiger partial charge in [0, 0.05) is 0 Å². The lowest BCUT2D eigenvalue weighted by Crippen LogP contribution is -2.00. The minimum absolute atomic E-state index is 0.129. The van der Waals surface area contributed by atoms with Gasteiger partial charge in [0.25, 0.3) is 0 Å². The third kappa shape index (κ3) is 2.10. The molecule has 1 N–H and O–H groups in total. The molecule has 13 heavy (non-hydrogen) atoms. The summed E-state index contributed by atoms with van der Waals surface area (Å²) in [6.45, 7) is 8.33. The molecule has 1 nitrogen and oxygen atoms in total. The minimum atomic E-state index is 0.129. The fourth-order valence-corrected chi connectivity index (χ4v) is 1.70. The van der Waals surface area contributed by atoms with Crippen LogP contribution in [0.15, 0.2) is 18.2 Å². The van der Waals surface area contributed by atoms with Gasteiger partial charge in [-0.15, -0.1) is 0 Å². The molecule has 1 aromatic carbocycles. The Bertz CT molecular complexity index is 276. The van der Waals surface area contributed by atoms with E-state index in [1.165, 1.54) is 11.1 Å². The maximum atomic E-state index is 9.14. The van der Waals surface area contributed by atoms with Crippen molar-refractivity contribution in [1.82, 2.24) is 0 Å². The van der Waals surface area contributed by atoms with Crippen molar-refractivity contribution < 1.29 is 5.11 Å². The van der Waals surface area contributed by atoms with E-state index in [-0.39, 0.29) is 6.61 Å². The van der Waals surface area contributed by atoms with Crippen molar-refractivity contribution in [2.45, 2.75) is 32.8 Å². The van der Waals surface area contributed by atoms with Crippen molar-refractivity contribution in [3.05, 3.63) is 41.8 Å². The summed E-state index contributed by atoms with van der Waals surface area (Å²) in [4.78, 5) is 0. The van der Waals surface area contributed by atoms with Crippen molar-refractivity contribution in [3.63, 3.8) is 0 Å². The second-order valence-electron chi connectivity index (χ2n) is 3.40. The van der Waals surface area contributed by atoms with Crippen molar-refractivity contribution in [2.75, 3.05) is 0 Å². The van der Waals surface area contributed by atoms with Crippen LogP contribution in [0.1, 0.15) is 36.5 Å². The fraction of sp³-hybridized carbons (Fsp3) is 0.417. The van der Waals surface area contributed by atoms with Crippen LogP contribution < -0.4 is 0 Å². The van der Waals surface area contributed by atoms with Crippen LogP contribution in [-0.4, -0.2) is 5.11 Å². The Kier molecular flexibility index (Phi) is 3.49. The Morgan fingerprint density at radius 1 is 1.46 bits per heavy atom. The second kappa shape index (κ2) is 4.43. The van der Waals surface area contributed by atoms with E-state index in [0.717, 1.165) is 12.0 Å². The van der Waals surface area contributed by atoms with Gasteiger partial charge in [-0.1, -0.05) is 32.0 Å². The van der Waals surface area contributed by atoms with E-state index in [2.05, 4.69) is 26.8 Å². The summed E-state index contributed by atoms with van der Waals surface area (Å²) in [6.07, 6.45) is 0.964. The standard InChI is InChI=1S/C12H17O/c1-4-11-10(8-13)6-5-7-12(11)9(2)3/h5-7,9,13H,2,4,8H2,1,3H3. The Morgan fingerprint density at radius 2 is 2.15 bits per heavy atom. The lowest BCUT2D eigenvalue weighted by atomic mass is 9.92. The second-order valence-corrected chi connectivity index (χ2v) is 3.40. The van der Waals surface area contributed by atoms with E-state index in [1.807, 2.05) is 12.1 Å². The topological polar surface area (TPSA) is 20.2 Å². The van der Waals surface area contributed by atoms with Gasteiger partial charge >= 0.3 is 0 Å². The van der Waals surface area contributed by atoms with Gasteiger partial charge in [0.05, 0.1) is 6.61 Å². The van der Waals surface area contributed by atoms with Gasteiger partial charge in [0.2, 0.25) is 0 Å². The molecule has 0 amide bonds. The van der Waals surface area contributed by atoms with Crippen molar-refractivity contribution in [2.24, 2.45) is 0 Å². The van der Waals surface area contributed by atoms with Crippen LogP contribution in [0.25, 0.3) is 0 Å². The maximum absolute atomic E-state index is 9.14. The highest BCUT2D eigenvalue weighted by Gasteiger charge is 2.08. The van der Waals surface area contributed by atoms with Gasteiger partial charge in [0.15, 0.2) is 0 Å². The lowest BCUT2D eigenvalue weighted by molar-refractivity contribution is 0.280. The SMILES string of the molecule is [CH2]C(C)c1cccc(CO)c1CC. The van der Waals surface area contributed by atoms with E-state index in [9.17, 15) is 0 Å². The average Bonchev–Trinajstić information content (AvgIpc) is 2.16. The molecular weight excluding hydrogens is 160 g/mol. The third-order valence-electron chi connectivity index (χ3n) is 2.36. The molecule has 0 aliphatic heterocycles. The molecule has 0 aliphatic carbocycles. The predicted octanol–water partition coefficient (Wildman–Crippen LogP) is 2.68. The van der Waals surface area contributed by atoms with Gasteiger partial charge in [-0.25, -0.2) is 0 Å². The summed E-state index contributed by atoms with van der Waals surface area (Å²) in [7, 11) is 0. The number of benzene rings is 1. The first kappa shape index (κ1) is 10.3. The largest absolute Gasteiger partial charge is 0.392 e. The first-order valence-electron chi connectivity index (χ1n) is 4.75. The van der Waals surface area contributed by atoms with Gasteiger partial charge in [-0.05, 0) is 36.0 Å². The van der Waals surface area contributed by atoms with Crippen LogP contribution in [0.3, 0.4) is 0 Å². The summed E-state index contributed by atoms with van der Waals surface area (Å²) in [6, 6.07) is 6.06. The van der Waals surface area contributed by atoms with E-state index in [1.54, 1.807) is 0 Å². The van der Waals surface area contributed by atoms with Crippen LogP contribution in [0.2, 0.25) is 0 Å². The van der Waals surface area contributed by atoms with Crippen LogP contribution in [0.5, 0.6) is 0 Å². The van der Waals surface area contributed by atoms with E-state index >= 15 is 0 Å². The molecule has 1 aromatic rings. The van der Waals surface area contributed by atoms with Gasteiger partial charge in [0.1, 0.15) is 0 Å². The van der Waals surface area contributed by atoms with Crippen LogP contribution in [0, 0.1) is 6.92 Å². The molecule has 1 heteroatoms. The summed E-state index contributed by atoms with van der Waals surface area (Å²) >= 11 is 0. The predicted molar refractivity (Wildman–Crippen MR) is 55.5 cm³/mol. The highest BCUT2D eigenvalue weighted by Crippen LogP contribution is 2.22. The molecule has 0 fully saturated rings. The number of rotatable bonds is 3. The Morgan fingerprint density at radius 3 is 2.62 bits per heavy atom. The first-order chi connectivity index (χ1) is 6.20. The Hall–Kier alpha value is -0.820. The molecule has 0 heterocycles. The molecule has 1 atom stereocenters. The van der Waals surface area contributed by atoms with Gasteiger partial charge in [-0.3, -0.25) is 0 Å². The molecule has 0 aromatic heterocycles. The van der Waals surface area contributed by atoms with E-state index in [0.29, 0.717) is 5.92 Å². The summed E-state index contributed by atoms with van der Waals surface area (Å²) in [5.74, 6) is 0.293. The molecule has 1 unspecified atom stereocenters. The van der Waals surface area contributed by atoms with Crippen molar-refractivity contribution in [3.8, 4) is 0 Å². The molecule has 0 saturated carbocycles. The smallest absolute Gasteiger partial charge is 0.0684 e. The fourth-order valence-electron chi connectivity index (χ4n) is 1.70. The molecule has 0 bridgehead atoms. The number of hydrogen-bond acceptors (Lipinski definition) is 1. The monoisotopic (exact) mass is 177 g/mol. The molecule has 0 spiro atoms. The minimum Gasteiger partial charge on any atom is -0.392 e. The molecule has 1 radical (unpaired) electrons. The van der Waals surface area contributed by atoms with Crippen LogP contribution in [-0.2, 0) is 13.0 Å². The van der Waals surface area contributed by atoms with Crippen LogP contribution >= 0.6 is 0 Å². The summed E-state index contributed by atoms with van der Waals surface area (Å²) in [5, 5.41) is 9.14. The van der Waals surface area contributed by atoms with E-state index < -0.39 is 0 Å². The van der Waals surface area contributed by atoms with Crippen molar-refractivity contribution >= 4 is 0 Å². The molecule has 71 valence electrons. The Labute approximate surface area is 80.4 Å². The zero-order valence-electron chi connectivity index (χ0n) is 8.38. The number of hydrogen-bond donors (Lipinski definition) is 1. The molecule has 0 saturated heterocycles. The third-order valence-corrected chi connectivity index (χ3v) is 2.36. The summed E-state index contributed by atoms with van der Waals surface area (Å²) < 4.78 is 0. The Balaban J connectivity index is 3.19. The highest BCUT2D eigenvalue weighted by molar-refractivity contribution is 5.37. The molecule has 0 aliphatic rings.